The van der Waals surface area contributed by atoms with Crippen molar-refractivity contribution >= 4 is 28.2 Å². The molecule has 0 spiro atoms. The molecule has 0 saturated heterocycles. The number of hydrogen-bond acceptors (Lipinski definition) is 5. The molecule has 1 aliphatic rings. The van der Waals surface area contributed by atoms with Crippen molar-refractivity contribution in [1.29, 1.82) is 0 Å². The highest BCUT2D eigenvalue weighted by molar-refractivity contribution is 6.35. The number of pyridine rings is 1. The normalized spacial score (nSPS) is 15.7. The van der Waals surface area contributed by atoms with Gasteiger partial charge in [0, 0.05) is 23.7 Å². The van der Waals surface area contributed by atoms with E-state index < -0.39 is 5.60 Å². The van der Waals surface area contributed by atoms with Crippen LogP contribution in [-0.4, -0.2) is 32.8 Å². The smallest absolute Gasteiger partial charge is 0.126 e. The van der Waals surface area contributed by atoms with E-state index in [2.05, 4.69) is 71.5 Å². The minimum atomic E-state index is -0.602. The Bertz CT molecular complexity index is 1800. The number of benzene rings is 2. The SMILES string of the molecule is COC1=C(CCCCCC(C)(C)O)/C=C\C(c2cccc(-c3cccc(CCCc4nc(C)nc5cccnc45)c3C)c2Cl)=C/CC1. The predicted molar refractivity (Wildman–Crippen MR) is 195 cm³/mol. The number of fused-ring (bicyclic) bond motifs is 1. The molecule has 1 aliphatic carbocycles. The number of rotatable bonds is 13. The summed E-state index contributed by atoms with van der Waals surface area (Å²) in [6, 6.07) is 16.9. The van der Waals surface area contributed by atoms with E-state index >= 15 is 0 Å². The van der Waals surface area contributed by atoms with Crippen LogP contribution in [0.3, 0.4) is 0 Å². The highest BCUT2D eigenvalue weighted by Crippen LogP contribution is 2.38. The van der Waals surface area contributed by atoms with Gasteiger partial charge in [-0.25, -0.2) is 9.97 Å². The third-order valence-corrected chi connectivity index (χ3v) is 9.49. The van der Waals surface area contributed by atoms with Crippen molar-refractivity contribution in [3.05, 3.63) is 118 Å². The summed E-state index contributed by atoms with van der Waals surface area (Å²) in [5.74, 6) is 1.85. The second-order valence-corrected chi connectivity index (χ2v) is 13.6. The number of aliphatic hydroxyl groups is 1. The van der Waals surface area contributed by atoms with Crippen molar-refractivity contribution in [3.8, 4) is 11.1 Å². The first kappa shape index (κ1) is 34.5. The first-order valence-corrected chi connectivity index (χ1v) is 17.3. The topological polar surface area (TPSA) is 68.1 Å². The van der Waals surface area contributed by atoms with Gasteiger partial charge in [0.25, 0.3) is 0 Å². The molecule has 5 nitrogen and oxygen atoms in total. The van der Waals surface area contributed by atoms with Gasteiger partial charge in [0.2, 0.25) is 0 Å². The van der Waals surface area contributed by atoms with Gasteiger partial charge in [-0.1, -0.05) is 79.1 Å². The lowest BCUT2D eigenvalue weighted by Crippen LogP contribution is -2.17. The average Bonchev–Trinajstić information content (AvgIpc) is 3.03. The molecule has 2 aromatic heterocycles. The summed E-state index contributed by atoms with van der Waals surface area (Å²) >= 11 is 7.24. The van der Waals surface area contributed by atoms with E-state index in [9.17, 15) is 5.11 Å². The average molecular weight is 650 g/mol. The van der Waals surface area contributed by atoms with Crippen LogP contribution in [0.25, 0.3) is 27.7 Å². The Morgan fingerprint density at radius 2 is 1.64 bits per heavy atom. The van der Waals surface area contributed by atoms with E-state index in [1.165, 1.54) is 22.3 Å². The highest BCUT2D eigenvalue weighted by atomic mass is 35.5. The van der Waals surface area contributed by atoms with Crippen molar-refractivity contribution in [3.63, 3.8) is 0 Å². The molecule has 0 radical (unpaired) electrons. The largest absolute Gasteiger partial charge is 0.501 e. The molecule has 2 heterocycles. The van der Waals surface area contributed by atoms with Crippen LogP contribution in [0.15, 0.2) is 84.3 Å². The van der Waals surface area contributed by atoms with Gasteiger partial charge >= 0.3 is 0 Å². The van der Waals surface area contributed by atoms with Crippen molar-refractivity contribution in [1.82, 2.24) is 15.0 Å². The number of methoxy groups -OCH3 is 1. The van der Waals surface area contributed by atoms with Crippen molar-refractivity contribution in [2.24, 2.45) is 0 Å². The summed E-state index contributed by atoms with van der Waals surface area (Å²) in [5.41, 5.74) is 10.5. The molecule has 47 heavy (non-hydrogen) atoms. The Labute approximate surface area is 285 Å². The molecule has 6 heteroatoms. The zero-order valence-corrected chi connectivity index (χ0v) is 29.3. The minimum absolute atomic E-state index is 0.602. The summed E-state index contributed by atoms with van der Waals surface area (Å²) in [6.07, 6.45) is 18.0. The molecule has 2 aromatic carbocycles. The van der Waals surface area contributed by atoms with Gasteiger partial charge in [-0.3, -0.25) is 4.98 Å². The molecule has 0 atom stereocenters. The summed E-state index contributed by atoms with van der Waals surface area (Å²) < 4.78 is 5.82. The molecule has 0 bridgehead atoms. The zero-order valence-electron chi connectivity index (χ0n) is 28.6. The van der Waals surface area contributed by atoms with Crippen LogP contribution in [0.2, 0.25) is 5.02 Å². The van der Waals surface area contributed by atoms with E-state index in [1.807, 2.05) is 39.1 Å². The van der Waals surface area contributed by atoms with E-state index in [4.69, 9.17) is 21.3 Å². The van der Waals surface area contributed by atoms with Gasteiger partial charge in [-0.15, -0.1) is 0 Å². The van der Waals surface area contributed by atoms with Crippen LogP contribution in [0.4, 0.5) is 0 Å². The quantitative estimate of drug-likeness (QED) is 0.146. The highest BCUT2D eigenvalue weighted by Gasteiger charge is 2.16. The van der Waals surface area contributed by atoms with Crippen molar-refractivity contribution in [2.45, 2.75) is 97.5 Å². The number of allylic oxidation sites excluding steroid dienone is 6. The maximum atomic E-state index is 10.0. The lowest BCUT2D eigenvalue weighted by atomic mass is 9.91. The number of ether oxygens (including phenoxy) is 1. The van der Waals surface area contributed by atoms with Crippen LogP contribution < -0.4 is 0 Å². The number of hydrogen-bond donors (Lipinski definition) is 1. The molecule has 5 rings (SSSR count). The molecule has 0 fully saturated rings. The molecule has 0 aliphatic heterocycles. The molecule has 4 aromatic rings. The second kappa shape index (κ2) is 15.9. The first-order chi connectivity index (χ1) is 22.6. The number of nitrogens with zero attached hydrogens (tertiary/aromatic N) is 3. The Morgan fingerprint density at radius 1 is 0.851 bits per heavy atom. The fourth-order valence-electron chi connectivity index (χ4n) is 6.56. The Balaban J connectivity index is 1.31. The van der Waals surface area contributed by atoms with Crippen LogP contribution in [-0.2, 0) is 17.6 Å². The van der Waals surface area contributed by atoms with E-state index in [0.29, 0.717) is 0 Å². The van der Waals surface area contributed by atoms with E-state index in [-0.39, 0.29) is 0 Å². The summed E-state index contributed by atoms with van der Waals surface area (Å²) in [4.78, 5) is 13.8. The van der Waals surface area contributed by atoms with Gasteiger partial charge in [0.15, 0.2) is 0 Å². The monoisotopic (exact) mass is 649 g/mol. The molecular formula is C41H48ClN3O2. The first-order valence-electron chi connectivity index (χ1n) is 17.0. The minimum Gasteiger partial charge on any atom is -0.501 e. The fraction of sp³-hybridized carbons (Fsp3) is 0.390. The molecule has 0 unspecified atom stereocenters. The number of unbranched alkanes of at least 4 members (excludes halogenated alkanes) is 2. The van der Waals surface area contributed by atoms with Gasteiger partial charge in [0.05, 0.1) is 34.7 Å². The molecule has 0 amide bonds. The zero-order chi connectivity index (χ0) is 33.4. The second-order valence-electron chi connectivity index (χ2n) is 13.3. The molecule has 1 N–H and O–H groups in total. The molecule has 0 saturated carbocycles. The third kappa shape index (κ3) is 8.97. The van der Waals surface area contributed by atoms with Crippen LogP contribution in [0.5, 0.6) is 0 Å². The lowest BCUT2D eigenvalue weighted by Gasteiger charge is -2.18. The van der Waals surface area contributed by atoms with E-state index in [0.717, 1.165) is 114 Å². The van der Waals surface area contributed by atoms with Crippen molar-refractivity contribution < 1.29 is 9.84 Å². The Morgan fingerprint density at radius 3 is 2.45 bits per heavy atom. The fourth-order valence-corrected chi connectivity index (χ4v) is 6.90. The molecule has 246 valence electrons. The summed E-state index contributed by atoms with van der Waals surface area (Å²) in [5, 5.41) is 10.8. The van der Waals surface area contributed by atoms with Gasteiger partial charge in [-0.2, -0.15) is 0 Å². The van der Waals surface area contributed by atoms with Crippen LogP contribution in [0.1, 0.15) is 93.4 Å². The van der Waals surface area contributed by atoms with Gasteiger partial charge in [0.1, 0.15) is 11.3 Å². The van der Waals surface area contributed by atoms with Crippen molar-refractivity contribution in [2.75, 3.05) is 7.11 Å². The maximum absolute atomic E-state index is 10.0. The number of halogens is 1. The van der Waals surface area contributed by atoms with Gasteiger partial charge in [-0.05, 0) is 113 Å². The summed E-state index contributed by atoms with van der Waals surface area (Å²) in [6.45, 7) is 7.91. The standard InChI is InChI=1S/C41H48ClN3O2/c1-28-30(16-10-21-36-40-37(22-13-27-43-40)45-29(2)44-36)15-9-18-33(28)35-20-12-19-34(39(35)42)31-17-11-23-38(47-5)32(25-24-31)14-7-6-8-26-41(3,4)46/h9,12-13,15,17-20,22,24-25,27,46H,6-8,10-11,14,16,21,23,26H2,1-5H3/b25-24-,31-17+,38-32?. The van der Waals surface area contributed by atoms with Crippen LogP contribution in [0, 0.1) is 13.8 Å². The number of aromatic nitrogens is 3. The van der Waals surface area contributed by atoms with Gasteiger partial charge < -0.3 is 9.84 Å². The summed E-state index contributed by atoms with van der Waals surface area (Å²) in [7, 11) is 1.77. The van der Waals surface area contributed by atoms with E-state index in [1.54, 1.807) is 7.11 Å². The maximum Gasteiger partial charge on any atom is 0.126 e. The molecular weight excluding hydrogens is 602 g/mol. The lowest BCUT2D eigenvalue weighted by molar-refractivity contribution is 0.0681. The Kier molecular flexibility index (Phi) is 11.7. The predicted octanol–water partition coefficient (Wildman–Crippen LogP) is 10.5. The number of aryl methyl sites for hydroxylation is 3. The van der Waals surface area contributed by atoms with Crippen LogP contribution >= 0.6 is 11.6 Å². The third-order valence-electron chi connectivity index (χ3n) is 9.08. The Hall–Kier alpha value is -3.80.